The van der Waals surface area contributed by atoms with Gasteiger partial charge in [0, 0.05) is 19.9 Å². The average Bonchev–Trinajstić information content (AvgIpc) is 2.40. The third-order valence-corrected chi connectivity index (χ3v) is 4.74. The summed E-state index contributed by atoms with van der Waals surface area (Å²) in [4.78, 5) is 18.7. The zero-order chi connectivity index (χ0) is 13.8. The van der Waals surface area contributed by atoms with E-state index in [1.54, 1.807) is 0 Å². The highest BCUT2D eigenvalue weighted by Gasteiger charge is 2.11. The van der Waals surface area contributed by atoms with E-state index in [0.29, 0.717) is 12.2 Å². The molecule has 0 atom stereocenters. The van der Waals surface area contributed by atoms with Crippen LogP contribution in [0, 0.1) is 3.57 Å². The maximum atomic E-state index is 11.0. The number of rotatable bonds is 4. The van der Waals surface area contributed by atoms with E-state index in [4.69, 9.17) is 5.11 Å². The standard InChI is InChI=1S/C12H9BrIN3O2/c13-9-3-7(1-2-10(9)14)16-5-11-8(12(18)19)4-15-6-17-11/h1-4,6,16H,5H2,(H,18,19). The molecule has 2 aromatic rings. The maximum absolute atomic E-state index is 11.0. The van der Waals surface area contributed by atoms with Crippen LogP contribution in [0.5, 0.6) is 0 Å². The van der Waals surface area contributed by atoms with Gasteiger partial charge in [0.15, 0.2) is 0 Å². The molecule has 1 aromatic carbocycles. The first kappa shape index (κ1) is 14.2. The summed E-state index contributed by atoms with van der Waals surface area (Å²) in [6.07, 6.45) is 2.64. The molecule has 0 radical (unpaired) electrons. The summed E-state index contributed by atoms with van der Waals surface area (Å²) < 4.78 is 2.09. The van der Waals surface area contributed by atoms with Crippen LogP contribution in [-0.4, -0.2) is 21.0 Å². The average molecular weight is 434 g/mol. The van der Waals surface area contributed by atoms with Crippen molar-refractivity contribution in [1.29, 1.82) is 0 Å². The number of carbonyl (C=O) groups is 1. The molecule has 98 valence electrons. The number of hydrogen-bond donors (Lipinski definition) is 2. The Morgan fingerprint density at radius 2 is 2.26 bits per heavy atom. The normalized spacial score (nSPS) is 10.2. The number of nitrogens with zero attached hydrogens (tertiary/aromatic N) is 2. The van der Waals surface area contributed by atoms with E-state index in [0.717, 1.165) is 13.7 Å². The molecule has 7 heteroatoms. The number of carboxylic acid groups (broad SMARTS) is 1. The van der Waals surface area contributed by atoms with Gasteiger partial charge in [-0.15, -0.1) is 0 Å². The summed E-state index contributed by atoms with van der Waals surface area (Å²) in [5.41, 5.74) is 1.46. The minimum absolute atomic E-state index is 0.111. The highest BCUT2D eigenvalue weighted by Crippen LogP contribution is 2.23. The second-order valence-electron chi connectivity index (χ2n) is 3.67. The molecule has 19 heavy (non-hydrogen) atoms. The summed E-state index contributed by atoms with van der Waals surface area (Å²) in [5.74, 6) is -1.03. The number of hydrogen-bond acceptors (Lipinski definition) is 4. The number of aromatic carboxylic acids is 1. The van der Waals surface area contributed by atoms with Crippen LogP contribution in [0.2, 0.25) is 0 Å². The van der Waals surface area contributed by atoms with Gasteiger partial charge in [-0.3, -0.25) is 0 Å². The fourth-order valence-corrected chi connectivity index (χ4v) is 2.18. The van der Waals surface area contributed by atoms with Gasteiger partial charge in [0.05, 0.1) is 12.2 Å². The summed E-state index contributed by atoms with van der Waals surface area (Å²) in [6.45, 7) is 0.331. The molecule has 0 spiro atoms. The minimum Gasteiger partial charge on any atom is -0.478 e. The molecule has 1 heterocycles. The lowest BCUT2D eigenvalue weighted by molar-refractivity contribution is 0.0694. The molecule has 0 aliphatic carbocycles. The molecule has 2 rings (SSSR count). The molecule has 0 amide bonds. The number of aromatic nitrogens is 2. The van der Waals surface area contributed by atoms with Crippen molar-refractivity contribution in [3.8, 4) is 0 Å². The van der Waals surface area contributed by atoms with Crippen molar-refractivity contribution >= 4 is 50.2 Å². The van der Waals surface area contributed by atoms with Gasteiger partial charge >= 0.3 is 5.97 Å². The molecular weight excluding hydrogens is 425 g/mol. The Morgan fingerprint density at radius 1 is 1.47 bits per heavy atom. The van der Waals surface area contributed by atoms with E-state index >= 15 is 0 Å². The predicted molar refractivity (Wildman–Crippen MR) is 83.2 cm³/mol. The van der Waals surface area contributed by atoms with Gasteiger partial charge in [-0.1, -0.05) is 0 Å². The van der Waals surface area contributed by atoms with Crippen LogP contribution in [-0.2, 0) is 6.54 Å². The van der Waals surface area contributed by atoms with Crippen LogP contribution < -0.4 is 5.32 Å². The molecule has 0 saturated heterocycles. The van der Waals surface area contributed by atoms with Gasteiger partial charge in [0.1, 0.15) is 11.9 Å². The fraction of sp³-hybridized carbons (Fsp3) is 0.0833. The van der Waals surface area contributed by atoms with Crippen LogP contribution in [0.25, 0.3) is 0 Å². The van der Waals surface area contributed by atoms with Crippen LogP contribution in [0.15, 0.2) is 35.2 Å². The third kappa shape index (κ3) is 3.63. The van der Waals surface area contributed by atoms with E-state index in [1.165, 1.54) is 12.5 Å². The first-order chi connectivity index (χ1) is 9.08. The lowest BCUT2D eigenvalue weighted by Crippen LogP contribution is -2.10. The summed E-state index contributed by atoms with van der Waals surface area (Å²) in [5, 5.41) is 12.2. The summed E-state index contributed by atoms with van der Waals surface area (Å²) in [6, 6.07) is 5.82. The summed E-state index contributed by atoms with van der Waals surface area (Å²) >= 11 is 5.66. The molecule has 2 N–H and O–H groups in total. The number of anilines is 1. The van der Waals surface area contributed by atoms with E-state index < -0.39 is 5.97 Å². The quantitative estimate of drug-likeness (QED) is 0.724. The zero-order valence-electron chi connectivity index (χ0n) is 9.60. The largest absolute Gasteiger partial charge is 0.478 e. The second-order valence-corrected chi connectivity index (χ2v) is 5.69. The molecular formula is C12H9BrIN3O2. The Kier molecular flexibility index (Phi) is 4.70. The van der Waals surface area contributed by atoms with Crippen molar-refractivity contribution in [2.45, 2.75) is 6.54 Å². The van der Waals surface area contributed by atoms with Crippen LogP contribution in [0.3, 0.4) is 0 Å². The number of nitrogens with one attached hydrogen (secondary N) is 1. The van der Waals surface area contributed by atoms with E-state index in [2.05, 4.69) is 53.8 Å². The van der Waals surface area contributed by atoms with Crippen molar-refractivity contribution in [3.63, 3.8) is 0 Å². The van der Waals surface area contributed by atoms with Crippen LogP contribution in [0.4, 0.5) is 5.69 Å². The van der Waals surface area contributed by atoms with Gasteiger partial charge < -0.3 is 10.4 Å². The molecule has 0 aliphatic heterocycles. The van der Waals surface area contributed by atoms with Gasteiger partial charge in [0.25, 0.3) is 0 Å². The van der Waals surface area contributed by atoms with Crippen molar-refractivity contribution < 1.29 is 9.90 Å². The number of carboxylic acids is 1. The zero-order valence-corrected chi connectivity index (χ0v) is 13.3. The van der Waals surface area contributed by atoms with Gasteiger partial charge in [-0.2, -0.15) is 0 Å². The lowest BCUT2D eigenvalue weighted by Gasteiger charge is -2.08. The van der Waals surface area contributed by atoms with Crippen LogP contribution >= 0.6 is 38.5 Å². The molecule has 0 bridgehead atoms. The molecule has 5 nitrogen and oxygen atoms in total. The Labute approximate surface area is 131 Å². The maximum Gasteiger partial charge on any atom is 0.339 e. The van der Waals surface area contributed by atoms with Crippen molar-refractivity contribution in [3.05, 3.63) is 50.0 Å². The van der Waals surface area contributed by atoms with Crippen molar-refractivity contribution in [2.75, 3.05) is 5.32 Å². The smallest absolute Gasteiger partial charge is 0.339 e. The minimum atomic E-state index is -1.03. The lowest BCUT2D eigenvalue weighted by atomic mass is 10.2. The van der Waals surface area contributed by atoms with E-state index in [1.807, 2.05) is 18.2 Å². The molecule has 0 unspecified atom stereocenters. The fourth-order valence-electron chi connectivity index (χ4n) is 1.47. The van der Waals surface area contributed by atoms with Crippen molar-refractivity contribution in [2.24, 2.45) is 0 Å². The molecule has 0 saturated carbocycles. The molecule has 0 fully saturated rings. The monoisotopic (exact) mass is 433 g/mol. The molecule has 1 aromatic heterocycles. The van der Waals surface area contributed by atoms with Gasteiger partial charge in [-0.05, 0) is 56.7 Å². The second kappa shape index (κ2) is 6.29. The van der Waals surface area contributed by atoms with Gasteiger partial charge in [0.2, 0.25) is 0 Å². The third-order valence-electron chi connectivity index (χ3n) is 2.40. The highest BCUT2D eigenvalue weighted by molar-refractivity contribution is 14.1. The first-order valence-electron chi connectivity index (χ1n) is 5.29. The first-order valence-corrected chi connectivity index (χ1v) is 7.16. The van der Waals surface area contributed by atoms with Crippen molar-refractivity contribution in [1.82, 2.24) is 9.97 Å². The topological polar surface area (TPSA) is 75.1 Å². The summed E-state index contributed by atoms with van der Waals surface area (Å²) in [7, 11) is 0. The molecule has 0 aliphatic rings. The predicted octanol–water partition coefficient (Wildman–Crippen LogP) is 3.15. The Bertz CT molecular complexity index is 622. The SMILES string of the molecule is O=C(O)c1cncnc1CNc1ccc(I)c(Br)c1. The number of halogens is 2. The Hall–Kier alpha value is -1.22. The Balaban J connectivity index is 2.14. The number of benzene rings is 1. The van der Waals surface area contributed by atoms with E-state index in [-0.39, 0.29) is 5.56 Å². The van der Waals surface area contributed by atoms with E-state index in [9.17, 15) is 4.79 Å². The van der Waals surface area contributed by atoms with Gasteiger partial charge in [-0.25, -0.2) is 14.8 Å². The Morgan fingerprint density at radius 3 is 2.95 bits per heavy atom. The highest BCUT2D eigenvalue weighted by atomic mass is 127. The van der Waals surface area contributed by atoms with Crippen LogP contribution in [0.1, 0.15) is 16.1 Å².